The lowest BCUT2D eigenvalue weighted by Crippen LogP contribution is -2.55. The molecular weight excluding hydrogens is 609 g/mol. The summed E-state index contributed by atoms with van der Waals surface area (Å²) in [6.07, 6.45) is 6.08. The van der Waals surface area contributed by atoms with E-state index in [1.807, 2.05) is 30.3 Å². The average Bonchev–Trinajstić information content (AvgIpc) is 2.95. The van der Waals surface area contributed by atoms with Gasteiger partial charge in [-0.25, -0.2) is 12.8 Å². The topological polar surface area (TPSA) is 86.8 Å². The molecule has 3 aromatic rings. The number of nitrogens with zero attached hydrogens (tertiary/aromatic N) is 2. The molecule has 0 unspecified atom stereocenters. The van der Waals surface area contributed by atoms with Gasteiger partial charge in [0.25, 0.3) is 0 Å². The molecule has 0 bridgehead atoms. The highest BCUT2D eigenvalue weighted by molar-refractivity contribution is 9.10. The first-order valence-corrected chi connectivity index (χ1v) is 16.4. The molecule has 1 saturated carbocycles. The van der Waals surface area contributed by atoms with Gasteiger partial charge >= 0.3 is 0 Å². The molecule has 4 rings (SSSR count). The molecule has 41 heavy (non-hydrogen) atoms. The molecule has 0 aromatic heterocycles. The Hall–Kier alpha value is -3.24. The van der Waals surface area contributed by atoms with Gasteiger partial charge in [0, 0.05) is 29.0 Å². The standard InChI is InChI=1S/C31H35BrFN3O4S/c1-41(39,40)36(27-17-10-14-25(32)20-27)22-30(37)35(21-24-13-8-9-18-28(24)33)29(19-23-11-4-2-5-12-23)31(38)34-26-15-6-3-7-16-26/h2,4-5,8-14,17-18,20,26,29H,3,6-7,15-16,19,21-22H2,1H3,(H,34,38)/t29-/m0/s1. The molecule has 10 heteroatoms. The van der Waals surface area contributed by atoms with Crippen molar-refractivity contribution >= 4 is 43.5 Å². The normalized spacial score (nSPS) is 14.7. The maximum atomic E-state index is 14.9. The largest absolute Gasteiger partial charge is 0.352 e. The number of nitrogens with one attached hydrogen (secondary N) is 1. The van der Waals surface area contributed by atoms with Gasteiger partial charge in [0.05, 0.1) is 11.9 Å². The zero-order valence-corrected chi connectivity index (χ0v) is 25.4. The van der Waals surface area contributed by atoms with Crippen LogP contribution in [0.25, 0.3) is 0 Å². The van der Waals surface area contributed by atoms with Crippen molar-refractivity contribution in [1.29, 1.82) is 0 Å². The fourth-order valence-corrected chi connectivity index (χ4v) is 6.38. The lowest BCUT2D eigenvalue weighted by molar-refractivity contribution is -0.140. The first-order valence-electron chi connectivity index (χ1n) is 13.7. The van der Waals surface area contributed by atoms with Crippen LogP contribution in [0.15, 0.2) is 83.3 Å². The van der Waals surface area contributed by atoms with Crippen LogP contribution in [0.2, 0.25) is 0 Å². The van der Waals surface area contributed by atoms with Crippen molar-refractivity contribution in [3.05, 3.63) is 100 Å². The number of anilines is 1. The van der Waals surface area contributed by atoms with E-state index in [-0.39, 0.29) is 30.5 Å². The minimum absolute atomic E-state index is 0.00544. The summed E-state index contributed by atoms with van der Waals surface area (Å²) in [5.74, 6) is -1.46. The third-order valence-electron chi connectivity index (χ3n) is 7.30. The molecule has 3 aromatic carbocycles. The predicted octanol–water partition coefficient (Wildman–Crippen LogP) is 5.44. The van der Waals surface area contributed by atoms with Crippen LogP contribution in [0.3, 0.4) is 0 Å². The van der Waals surface area contributed by atoms with Crippen LogP contribution in [0.4, 0.5) is 10.1 Å². The minimum Gasteiger partial charge on any atom is -0.352 e. The fourth-order valence-electron chi connectivity index (χ4n) is 5.15. The van der Waals surface area contributed by atoms with E-state index in [4.69, 9.17) is 0 Å². The van der Waals surface area contributed by atoms with Gasteiger partial charge in [-0.15, -0.1) is 0 Å². The third-order valence-corrected chi connectivity index (χ3v) is 8.93. The van der Waals surface area contributed by atoms with Crippen molar-refractivity contribution in [3.63, 3.8) is 0 Å². The SMILES string of the molecule is CS(=O)(=O)N(CC(=O)N(Cc1ccccc1F)[C@@H](Cc1ccccc1)C(=O)NC1CCCCC1)c1cccc(Br)c1. The third kappa shape index (κ3) is 8.63. The van der Waals surface area contributed by atoms with E-state index in [0.717, 1.165) is 48.2 Å². The second-order valence-corrected chi connectivity index (χ2v) is 13.2. The Labute approximate surface area is 249 Å². The molecular formula is C31H35BrFN3O4S. The molecule has 1 aliphatic rings. The number of hydrogen-bond donors (Lipinski definition) is 1. The van der Waals surface area contributed by atoms with Crippen LogP contribution in [0.5, 0.6) is 0 Å². The fraction of sp³-hybridized carbons (Fsp3) is 0.355. The van der Waals surface area contributed by atoms with Crippen LogP contribution < -0.4 is 9.62 Å². The van der Waals surface area contributed by atoms with E-state index in [9.17, 15) is 22.4 Å². The van der Waals surface area contributed by atoms with Gasteiger partial charge in [0.1, 0.15) is 18.4 Å². The van der Waals surface area contributed by atoms with Crippen molar-refractivity contribution in [2.45, 2.75) is 57.2 Å². The van der Waals surface area contributed by atoms with E-state index in [2.05, 4.69) is 21.2 Å². The van der Waals surface area contributed by atoms with Crippen LogP contribution in [0.1, 0.15) is 43.2 Å². The number of carbonyl (C=O) groups is 2. The Morgan fingerprint density at radius 3 is 2.32 bits per heavy atom. The Bertz CT molecular complexity index is 1450. The number of carbonyl (C=O) groups excluding carboxylic acids is 2. The van der Waals surface area contributed by atoms with Crippen LogP contribution in [-0.2, 0) is 32.6 Å². The highest BCUT2D eigenvalue weighted by Gasteiger charge is 2.34. The van der Waals surface area contributed by atoms with Crippen LogP contribution in [0, 0.1) is 5.82 Å². The summed E-state index contributed by atoms with van der Waals surface area (Å²) in [6, 6.07) is 21.0. The lowest BCUT2D eigenvalue weighted by atomic mass is 9.94. The van der Waals surface area contributed by atoms with E-state index in [1.165, 1.54) is 11.0 Å². The maximum absolute atomic E-state index is 14.9. The Kier molecular flexibility index (Phi) is 10.6. The molecule has 0 spiro atoms. The molecule has 1 N–H and O–H groups in total. The molecule has 1 aliphatic carbocycles. The molecule has 2 amide bonds. The Morgan fingerprint density at radius 1 is 0.976 bits per heavy atom. The lowest BCUT2D eigenvalue weighted by Gasteiger charge is -2.35. The number of amides is 2. The highest BCUT2D eigenvalue weighted by Crippen LogP contribution is 2.24. The summed E-state index contributed by atoms with van der Waals surface area (Å²) in [5.41, 5.74) is 1.36. The zero-order chi connectivity index (χ0) is 29.4. The van der Waals surface area contributed by atoms with Gasteiger partial charge in [-0.3, -0.25) is 13.9 Å². The van der Waals surface area contributed by atoms with Crippen LogP contribution in [-0.4, -0.2) is 50.0 Å². The van der Waals surface area contributed by atoms with E-state index < -0.39 is 34.3 Å². The molecule has 0 heterocycles. The van der Waals surface area contributed by atoms with E-state index >= 15 is 0 Å². The summed E-state index contributed by atoms with van der Waals surface area (Å²) in [6.45, 7) is -0.747. The van der Waals surface area contributed by atoms with Crippen molar-refractivity contribution in [3.8, 4) is 0 Å². The van der Waals surface area contributed by atoms with Gasteiger partial charge in [-0.1, -0.05) is 89.8 Å². The monoisotopic (exact) mass is 643 g/mol. The quantitative estimate of drug-likeness (QED) is 0.301. The van der Waals surface area contributed by atoms with E-state index in [0.29, 0.717) is 10.2 Å². The predicted molar refractivity (Wildman–Crippen MR) is 162 cm³/mol. The van der Waals surface area contributed by atoms with Crippen molar-refractivity contribution in [2.24, 2.45) is 0 Å². The van der Waals surface area contributed by atoms with Crippen molar-refractivity contribution in [1.82, 2.24) is 10.2 Å². The Balaban J connectivity index is 1.73. The van der Waals surface area contributed by atoms with Gasteiger partial charge in [-0.2, -0.15) is 0 Å². The summed E-state index contributed by atoms with van der Waals surface area (Å²) in [4.78, 5) is 29.3. The molecule has 0 aliphatic heterocycles. The maximum Gasteiger partial charge on any atom is 0.244 e. The smallest absolute Gasteiger partial charge is 0.244 e. The summed E-state index contributed by atoms with van der Waals surface area (Å²) in [7, 11) is -3.88. The van der Waals surface area contributed by atoms with Crippen molar-refractivity contribution in [2.75, 3.05) is 17.1 Å². The van der Waals surface area contributed by atoms with Crippen LogP contribution >= 0.6 is 15.9 Å². The van der Waals surface area contributed by atoms with Gasteiger partial charge in [0.15, 0.2) is 0 Å². The number of sulfonamides is 1. The number of benzene rings is 3. The highest BCUT2D eigenvalue weighted by atomic mass is 79.9. The first kappa shape index (κ1) is 30.7. The molecule has 1 atom stereocenters. The van der Waals surface area contributed by atoms with Gasteiger partial charge < -0.3 is 10.2 Å². The Morgan fingerprint density at radius 2 is 1.66 bits per heavy atom. The summed E-state index contributed by atoms with van der Waals surface area (Å²) in [5, 5.41) is 3.13. The second kappa shape index (κ2) is 14.1. The number of hydrogen-bond acceptors (Lipinski definition) is 4. The number of halogens is 2. The number of rotatable bonds is 11. The zero-order valence-electron chi connectivity index (χ0n) is 23.0. The van der Waals surface area contributed by atoms with Gasteiger partial charge in [0.2, 0.25) is 21.8 Å². The first-order chi connectivity index (χ1) is 19.6. The molecule has 0 saturated heterocycles. The molecule has 7 nitrogen and oxygen atoms in total. The molecule has 218 valence electrons. The van der Waals surface area contributed by atoms with Gasteiger partial charge in [-0.05, 0) is 42.7 Å². The molecule has 1 fully saturated rings. The van der Waals surface area contributed by atoms with E-state index in [1.54, 1.807) is 42.5 Å². The average molecular weight is 645 g/mol. The van der Waals surface area contributed by atoms with Crippen molar-refractivity contribution < 1.29 is 22.4 Å². The second-order valence-electron chi connectivity index (χ2n) is 10.4. The molecule has 0 radical (unpaired) electrons. The summed E-state index contributed by atoms with van der Waals surface area (Å²) >= 11 is 3.36. The summed E-state index contributed by atoms with van der Waals surface area (Å²) < 4.78 is 42.3. The minimum atomic E-state index is -3.88.